The summed E-state index contributed by atoms with van der Waals surface area (Å²) in [4.78, 5) is 4.68. The second-order valence-corrected chi connectivity index (χ2v) is 6.33. The third kappa shape index (κ3) is 6.28. The Morgan fingerprint density at radius 3 is 2.62 bits per heavy atom. The number of aliphatic imine (C=N–C) groups is 1. The molecule has 1 aromatic heterocycles. The van der Waals surface area contributed by atoms with Crippen LogP contribution in [0.5, 0.6) is 0 Å². The van der Waals surface area contributed by atoms with E-state index in [-0.39, 0.29) is 36.5 Å². The summed E-state index contributed by atoms with van der Waals surface area (Å²) in [5, 5.41) is 20.3. The van der Waals surface area contributed by atoms with E-state index in [1.54, 1.807) is 0 Å². The summed E-state index contributed by atoms with van der Waals surface area (Å²) in [7, 11) is 0. The summed E-state index contributed by atoms with van der Waals surface area (Å²) in [5.74, 6) is 0.941. The van der Waals surface area contributed by atoms with E-state index in [4.69, 9.17) is 5.11 Å². The zero-order valence-electron chi connectivity index (χ0n) is 16.0. The molecule has 0 radical (unpaired) electrons. The highest BCUT2D eigenvalue weighted by Gasteiger charge is 2.09. The number of aliphatic hydroxyl groups is 1. The number of hydrogen-bond donors (Lipinski definition) is 3. The highest BCUT2D eigenvalue weighted by atomic mass is 127. The molecule has 0 aliphatic heterocycles. The molecule has 0 bridgehead atoms. The predicted octanol–water partition coefficient (Wildman–Crippen LogP) is 2.79. The molecule has 2 rings (SSSR count). The van der Waals surface area contributed by atoms with E-state index >= 15 is 0 Å². The lowest BCUT2D eigenvalue weighted by molar-refractivity contribution is 0.238. The molecule has 1 atom stereocenters. The first-order valence-electron chi connectivity index (χ1n) is 8.79. The van der Waals surface area contributed by atoms with E-state index in [9.17, 15) is 0 Å². The molecule has 1 heterocycles. The fraction of sp³-hybridized carbons (Fsp3) is 0.474. The number of para-hydroxylation sites is 1. The van der Waals surface area contributed by atoms with Crippen molar-refractivity contribution in [2.75, 3.05) is 19.7 Å². The highest BCUT2D eigenvalue weighted by Crippen LogP contribution is 2.17. The molecule has 0 aliphatic carbocycles. The third-order valence-electron chi connectivity index (χ3n) is 3.91. The number of aryl methyl sites for hydroxylation is 2. The van der Waals surface area contributed by atoms with Gasteiger partial charge in [-0.2, -0.15) is 5.10 Å². The summed E-state index contributed by atoms with van der Waals surface area (Å²) in [5.41, 5.74) is 4.28. The summed E-state index contributed by atoms with van der Waals surface area (Å²) >= 11 is 0. The van der Waals surface area contributed by atoms with Gasteiger partial charge in [0.1, 0.15) is 0 Å². The van der Waals surface area contributed by atoms with Crippen molar-refractivity contribution in [3.05, 3.63) is 47.3 Å². The maximum absolute atomic E-state index is 9.17. The molecule has 0 saturated heterocycles. The molecule has 1 unspecified atom stereocenters. The maximum Gasteiger partial charge on any atom is 0.191 e. The van der Waals surface area contributed by atoms with Crippen molar-refractivity contribution in [3.8, 4) is 5.69 Å². The number of aliphatic hydroxyl groups excluding tert-OH is 1. The molecule has 1 aromatic carbocycles. The van der Waals surface area contributed by atoms with Gasteiger partial charge >= 0.3 is 0 Å². The van der Waals surface area contributed by atoms with Crippen molar-refractivity contribution < 1.29 is 5.11 Å². The smallest absolute Gasteiger partial charge is 0.191 e. The van der Waals surface area contributed by atoms with Crippen molar-refractivity contribution in [1.82, 2.24) is 20.4 Å². The Hall–Kier alpha value is -1.61. The van der Waals surface area contributed by atoms with Crippen LogP contribution >= 0.6 is 24.0 Å². The van der Waals surface area contributed by atoms with E-state index < -0.39 is 0 Å². The number of nitrogens with zero attached hydrogens (tertiary/aromatic N) is 3. The fourth-order valence-corrected chi connectivity index (χ4v) is 2.57. The molecular weight excluding hydrogens is 441 g/mol. The van der Waals surface area contributed by atoms with Gasteiger partial charge in [0.05, 0.1) is 17.9 Å². The molecule has 3 N–H and O–H groups in total. The van der Waals surface area contributed by atoms with Gasteiger partial charge in [-0.15, -0.1) is 24.0 Å². The zero-order chi connectivity index (χ0) is 18.2. The second-order valence-electron chi connectivity index (χ2n) is 6.33. The molecule has 7 heteroatoms. The largest absolute Gasteiger partial charge is 0.396 e. The van der Waals surface area contributed by atoms with Crippen molar-refractivity contribution in [2.24, 2.45) is 10.9 Å². The van der Waals surface area contributed by atoms with Crippen molar-refractivity contribution in [3.63, 3.8) is 0 Å². The number of benzene rings is 1. The van der Waals surface area contributed by atoms with Crippen LogP contribution < -0.4 is 10.6 Å². The second kappa shape index (κ2) is 11.2. The van der Waals surface area contributed by atoms with E-state index in [1.807, 2.05) is 37.6 Å². The molecule has 0 spiro atoms. The molecule has 6 nitrogen and oxygen atoms in total. The molecule has 0 aliphatic rings. The SMILES string of the molecule is CCNC(=NCc1ccccc1-n1nc(C)cc1C)NCC(C)CO.I. The van der Waals surface area contributed by atoms with E-state index in [1.165, 1.54) is 0 Å². The Bertz CT molecular complexity index is 714. The van der Waals surface area contributed by atoms with Gasteiger partial charge in [-0.25, -0.2) is 9.67 Å². The first-order chi connectivity index (χ1) is 12.0. The van der Waals surface area contributed by atoms with Gasteiger partial charge in [0.2, 0.25) is 0 Å². The summed E-state index contributed by atoms with van der Waals surface area (Å²) in [6, 6.07) is 10.3. The standard InChI is InChI=1S/C19H29N5O.HI/c1-5-20-19(21-11-14(2)13-25)22-12-17-8-6-7-9-18(17)24-16(4)10-15(3)23-24;/h6-10,14,25H,5,11-13H2,1-4H3,(H2,20,21,22);1H. The summed E-state index contributed by atoms with van der Waals surface area (Å²) < 4.78 is 1.97. The Labute approximate surface area is 173 Å². The third-order valence-corrected chi connectivity index (χ3v) is 3.91. The normalized spacial score (nSPS) is 12.4. The minimum absolute atomic E-state index is 0. The topological polar surface area (TPSA) is 74.5 Å². The average molecular weight is 471 g/mol. The van der Waals surface area contributed by atoms with Gasteiger partial charge < -0.3 is 15.7 Å². The molecule has 144 valence electrons. The Morgan fingerprint density at radius 1 is 1.27 bits per heavy atom. The maximum atomic E-state index is 9.17. The number of halogens is 1. The predicted molar refractivity (Wildman–Crippen MR) is 118 cm³/mol. The van der Waals surface area contributed by atoms with Crippen LogP contribution in [0.3, 0.4) is 0 Å². The minimum Gasteiger partial charge on any atom is -0.396 e. The molecule has 0 fully saturated rings. The Morgan fingerprint density at radius 2 is 2.00 bits per heavy atom. The summed E-state index contributed by atoms with van der Waals surface area (Å²) in [6.07, 6.45) is 0. The average Bonchev–Trinajstić information content (AvgIpc) is 2.95. The molecule has 2 aromatic rings. The monoisotopic (exact) mass is 471 g/mol. The lowest BCUT2D eigenvalue weighted by Crippen LogP contribution is -2.39. The minimum atomic E-state index is 0. The number of nitrogens with one attached hydrogen (secondary N) is 2. The van der Waals surface area contributed by atoms with Crippen molar-refractivity contribution in [1.29, 1.82) is 0 Å². The highest BCUT2D eigenvalue weighted by molar-refractivity contribution is 14.0. The zero-order valence-corrected chi connectivity index (χ0v) is 18.3. The van der Waals surface area contributed by atoms with Crippen LogP contribution in [0.1, 0.15) is 30.8 Å². The van der Waals surface area contributed by atoms with Crippen LogP contribution in [-0.2, 0) is 6.54 Å². The fourth-order valence-electron chi connectivity index (χ4n) is 2.57. The molecular formula is C19H30IN5O. The van der Waals surface area contributed by atoms with Crippen LogP contribution in [0.25, 0.3) is 5.69 Å². The van der Waals surface area contributed by atoms with E-state index in [2.05, 4.69) is 45.8 Å². The molecule has 26 heavy (non-hydrogen) atoms. The number of hydrogen-bond acceptors (Lipinski definition) is 3. The van der Waals surface area contributed by atoms with Gasteiger partial charge in [0.25, 0.3) is 0 Å². The van der Waals surface area contributed by atoms with Gasteiger partial charge in [0.15, 0.2) is 5.96 Å². The molecule has 0 saturated carbocycles. The number of guanidine groups is 1. The first kappa shape index (κ1) is 22.4. The van der Waals surface area contributed by atoms with Crippen LogP contribution in [0.15, 0.2) is 35.3 Å². The van der Waals surface area contributed by atoms with Crippen LogP contribution in [0.4, 0.5) is 0 Å². The van der Waals surface area contributed by atoms with Gasteiger partial charge in [0, 0.05) is 25.4 Å². The quantitative estimate of drug-likeness (QED) is 0.330. The van der Waals surface area contributed by atoms with Crippen molar-refractivity contribution >= 4 is 29.9 Å². The van der Waals surface area contributed by atoms with Crippen LogP contribution in [-0.4, -0.2) is 40.5 Å². The van der Waals surface area contributed by atoms with Gasteiger partial charge in [-0.1, -0.05) is 25.1 Å². The van der Waals surface area contributed by atoms with Crippen LogP contribution in [0, 0.1) is 19.8 Å². The first-order valence-corrected chi connectivity index (χ1v) is 8.79. The van der Waals surface area contributed by atoms with Gasteiger partial charge in [-0.05, 0) is 44.4 Å². The lowest BCUT2D eigenvalue weighted by atomic mass is 10.2. The lowest BCUT2D eigenvalue weighted by Gasteiger charge is -2.15. The van der Waals surface area contributed by atoms with Crippen molar-refractivity contribution in [2.45, 2.75) is 34.2 Å². The van der Waals surface area contributed by atoms with Crippen LogP contribution in [0.2, 0.25) is 0 Å². The van der Waals surface area contributed by atoms with E-state index in [0.717, 1.165) is 35.1 Å². The molecule has 0 amide bonds. The van der Waals surface area contributed by atoms with Gasteiger partial charge in [-0.3, -0.25) is 0 Å². The number of aromatic nitrogens is 2. The Kier molecular flexibility index (Phi) is 9.64. The van der Waals surface area contributed by atoms with E-state index in [0.29, 0.717) is 13.1 Å². The number of rotatable bonds is 7. The summed E-state index contributed by atoms with van der Waals surface area (Å²) in [6.45, 7) is 10.3. The Balaban J connectivity index is 0.00000338.